The predicted molar refractivity (Wildman–Crippen MR) is 102 cm³/mol. The van der Waals surface area contributed by atoms with E-state index in [1.54, 1.807) is 7.11 Å². The fourth-order valence-corrected chi connectivity index (χ4v) is 7.26. The molecule has 1 aromatic rings. The molecule has 4 atom stereocenters. The highest BCUT2D eigenvalue weighted by Gasteiger charge is 2.75. The molecule has 0 N–H and O–H groups in total. The summed E-state index contributed by atoms with van der Waals surface area (Å²) in [6.45, 7) is 2.04. The van der Waals surface area contributed by atoms with E-state index in [9.17, 15) is 4.79 Å². The SMILES string of the molecule is COC(=O)[C@@]12CC[C@]3(C=CCN4CC[C@]5(C1=Nc1c(OC)cccc15)[C@@H]43)C2. The number of hydrogen-bond acceptors (Lipinski definition) is 5. The van der Waals surface area contributed by atoms with Gasteiger partial charge in [-0.05, 0) is 37.3 Å². The third kappa shape index (κ3) is 1.55. The summed E-state index contributed by atoms with van der Waals surface area (Å²) in [6, 6.07) is 6.63. The van der Waals surface area contributed by atoms with Gasteiger partial charge in [-0.15, -0.1) is 0 Å². The molecular formula is C22H24N2O3. The summed E-state index contributed by atoms with van der Waals surface area (Å²) in [5.74, 6) is 0.693. The van der Waals surface area contributed by atoms with E-state index in [1.165, 1.54) is 12.7 Å². The molecule has 1 aromatic carbocycles. The Bertz CT molecular complexity index is 937. The lowest BCUT2D eigenvalue weighted by atomic mass is 9.51. The van der Waals surface area contributed by atoms with Crippen LogP contribution in [-0.2, 0) is 14.9 Å². The lowest BCUT2D eigenvalue weighted by Crippen LogP contribution is -2.64. The molecule has 0 radical (unpaired) electrons. The molecule has 5 aliphatic rings. The zero-order valence-electron chi connectivity index (χ0n) is 15.8. The molecule has 2 bridgehead atoms. The number of esters is 1. The largest absolute Gasteiger partial charge is 0.494 e. The number of carbonyl (C=O) groups excluding carboxylic acids is 1. The molecule has 3 aliphatic heterocycles. The highest BCUT2D eigenvalue weighted by Crippen LogP contribution is 2.71. The molecule has 5 heteroatoms. The standard InChI is InChI=1S/C22H24N2O3/c1-26-15-6-3-5-14-16(15)23-17-21(19(25)27-2)9-8-20(13-21)7-4-11-24-12-10-22(14,17)18(20)24/h3-7,18H,8-13H2,1-2H3/t18-,20+,21+,22-/m0/s1. The van der Waals surface area contributed by atoms with Gasteiger partial charge >= 0.3 is 5.97 Å². The van der Waals surface area contributed by atoms with Gasteiger partial charge in [0.25, 0.3) is 0 Å². The number of ether oxygens (including phenoxy) is 2. The Morgan fingerprint density at radius 3 is 2.96 bits per heavy atom. The number of nitrogens with zero attached hydrogens (tertiary/aromatic N) is 2. The first kappa shape index (κ1) is 15.9. The lowest BCUT2D eigenvalue weighted by Gasteiger charge is -2.54. The molecule has 0 aromatic heterocycles. The quantitative estimate of drug-likeness (QED) is 0.598. The number of carbonyl (C=O) groups is 1. The summed E-state index contributed by atoms with van der Waals surface area (Å²) in [4.78, 5) is 20.9. The minimum atomic E-state index is -0.604. The zero-order valence-corrected chi connectivity index (χ0v) is 15.8. The van der Waals surface area contributed by atoms with Crippen molar-refractivity contribution in [1.82, 2.24) is 4.90 Å². The second kappa shape index (κ2) is 4.82. The van der Waals surface area contributed by atoms with E-state index in [2.05, 4.69) is 29.2 Å². The van der Waals surface area contributed by atoms with Crippen LogP contribution in [0.2, 0.25) is 0 Å². The maximum absolute atomic E-state index is 13.2. The number of methoxy groups -OCH3 is 2. The van der Waals surface area contributed by atoms with Gasteiger partial charge < -0.3 is 9.47 Å². The fraction of sp³-hybridized carbons (Fsp3) is 0.545. The minimum absolute atomic E-state index is 0.0344. The first-order valence-corrected chi connectivity index (χ1v) is 9.89. The number of hydrogen-bond donors (Lipinski definition) is 0. The third-order valence-electron chi connectivity index (χ3n) is 7.98. The first-order valence-electron chi connectivity index (χ1n) is 9.89. The monoisotopic (exact) mass is 364 g/mol. The smallest absolute Gasteiger partial charge is 0.317 e. The molecule has 140 valence electrons. The molecule has 6 rings (SSSR count). The molecule has 27 heavy (non-hydrogen) atoms. The van der Waals surface area contributed by atoms with E-state index < -0.39 is 5.41 Å². The molecule has 2 saturated carbocycles. The molecule has 3 heterocycles. The Morgan fingerprint density at radius 1 is 1.26 bits per heavy atom. The van der Waals surface area contributed by atoms with E-state index in [-0.39, 0.29) is 16.8 Å². The van der Waals surface area contributed by atoms with Gasteiger partial charge in [-0.3, -0.25) is 14.7 Å². The van der Waals surface area contributed by atoms with Crippen molar-refractivity contribution in [3.63, 3.8) is 0 Å². The van der Waals surface area contributed by atoms with Crippen LogP contribution < -0.4 is 4.74 Å². The molecule has 3 fully saturated rings. The molecule has 0 unspecified atom stereocenters. The van der Waals surface area contributed by atoms with Crippen LogP contribution in [0, 0.1) is 10.8 Å². The van der Waals surface area contributed by atoms with Crippen molar-refractivity contribution in [3.8, 4) is 5.75 Å². The summed E-state index contributed by atoms with van der Waals surface area (Å²) in [7, 11) is 3.21. The summed E-state index contributed by atoms with van der Waals surface area (Å²) < 4.78 is 11.0. The molecule has 2 aliphatic carbocycles. The first-order chi connectivity index (χ1) is 13.1. The Hall–Kier alpha value is -2.14. The fourth-order valence-electron chi connectivity index (χ4n) is 7.26. The molecule has 0 amide bonds. The second-order valence-corrected chi connectivity index (χ2v) is 8.82. The predicted octanol–water partition coefficient (Wildman–Crippen LogP) is 3.01. The van der Waals surface area contributed by atoms with Crippen molar-refractivity contribution in [2.75, 3.05) is 27.3 Å². The van der Waals surface area contributed by atoms with Crippen molar-refractivity contribution in [2.45, 2.75) is 37.1 Å². The van der Waals surface area contributed by atoms with Gasteiger partial charge in [0.1, 0.15) is 16.9 Å². The van der Waals surface area contributed by atoms with E-state index in [0.717, 1.165) is 55.9 Å². The maximum Gasteiger partial charge on any atom is 0.317 e. The van der Waals surface area contributed by atoms with Gasteiger partial charge in [-0.2, -0.15) is 0 Å². The normalized spacial score (nSPS) is 40.2. The highest BCUT2D eigenvalue weighted by molar-refractivity contribution is 6.17. The van der Waals surface area contributed by atoms with Crippen LogP contribution in [0.4, 0.5) is 5.69 Å². The number of aliphatic imine (C=N–C) groups is 1. The van der Waals surface area contributed by atoms with Crippen LogP contribution in [0.1, 0.15) is 31.2 Å². The van der Waals surface area contributed by atoms with Crippen LogP contribution >= 0.6 is 0 Å². The number of rotatable bonds is 2. The van der Waals surface area contributed by atoms with Gasteiger partial charge in [0.2, 0.25) is 0 Å². The van der Waals surface area contributed by atoms with Crippen molar-refractivity contribution in [2.24, 2.45) is 15.8 Å². The lowest BCUT2D eigenvalue weighted by molar-refractivity contribution is -0.149. The van der Waals surface area contributed by atoms with E-state index >= 15 is 0 Å². The van der Waals surface area contributed by atoms with E-state index in [0.29, 0.717) is 6.04 Å². The Balaban J connectivity index is 1.69. The van der Waals surface area contributed by atoms with Crippen molar-refractivity contribution in [1.29, 1.82) is 0 Å². The Morgan fingerprint density at radius 2 is 2.15 bits per heavy atom. The van der Waals surface area contributed by atoms with Gasteiger partial charge in [0.15, 0.2) is 0 Å². The van der Waals surface area contributed by atoms with Gasteiger partial charge in [0.05, 0.1) is 19.6 Å². The van der Waals surface area contributed by atoms with Crippen LogP contribution in [0.3, 0.4) is 0 Å². The van der Waals surface area contributed by atoms with E-state index in [4.69, 9.17) is 14.5 Å². The van der Waals surface area contributed by atoms with Crippen LogP contribution in [-0.4, -0.2) is 49.9 Å². The Labute approximate surface area is 159 Å². The van der Waals surface area contributed by atoms with Gasteiger partial charge in [-0.1, -0.05) is 24.3 Å². The average Bonchev–Trinajstić information content (AvgIpc) is 3.36. The number of benzene rings is 1. The summed E-state index contributed by atoms with van der Waals surface area (Å²) in [5.41, 5.74) is 2.46. The van der Waals surface area contributed by atoms with Crippen molar-refractivity contribution < 1.29 is 14.3 Å². The molecule has 1 saturated heterocycles. The molecule has 2 spiro atoms. The van der Waals surface area contributed by atoms with E-state index in [1.807, 2.05) is 6.07 Å². The van der Waals surface area contributed by atoms with Crippen LogP contribution in [0.15, 0.2) is 35.3 Å². The van der Waals surface area contributed by atoms with Crippen LogP contribution in [0.5, 0.6) is 5.75 Å². The number of fused-ring (bicyclic) bond motifs is 3. The van der Waals surface area contributed by atoms with Gasteiger partial charge in [-0.25, -0.2) is 0 Å². The summed E-state index contributed by atoms with van der Waals surface area (Å²) >= 11 is 0. The van der Waals surface area contributed by atoms with Crippen molar-refractivity contribution >= 4 is 17.4 Å². The summed E-state index contributed by atoms with van der Waals surface area (Å²) in [5, 5.41) is 0. The molecule has 5 nitrogen and oxygen atoms in total. The minimum Gasteiger partial charge on any atom is -0.494 e. The van der Waals surface area contributed by atoms with Crippen LogP contribution in [0.25, 0.3) is 0 Å². The highest BCUT2D eigenvalue weighted by atomic mass is 16.5. The third-order valence-corrected chi connectivity index (χ3v) is 7.98. The average molecular weight is 364 g/mol. The Kier molecular flexibility index (Phi) is 2.83. The van der Waals surface area contributed by atoms with Crippen molar-refractivity contribution in [3.05, 3.63) is 35.9 Å². The topological polar surface area (TPSA) is 51.1 Å². The molecular weight excluding hydrogens is 340 g/mol. The second-order valence-electron chi connectivity index (χ2n) is 8.82. The van der Waals surface area contributed by atoms with Gasteiger partial charge in [0, 0.05) is 30.3 Å². The zero-order chi connectivity index (χ0) is 18.4. The number of para-hydroxylation sites is 1. The maximum atomic E-state index is 13.2. The summed E-state index contributed by atoms with van der Waals surface area (Å²) in [6.07, 6.45) is 8.42.